The van der Waals surface area contributed by atoms with Crippen LogP contribution < -0.4 is 16.0 Å². The third-order valence-corrected chi connectivity index (χ3v) is 4.28. The van der Waals surface area contributed by atoms with Gasteiger partial charge in [0, 0.05) is 12.1 Å². The van der Waals surface area contributed by atoms with E-state index in [1.807, 2.05) is 57.4 Å². The summed E-state index contributed by atoms with van der Waals surface area (Å²) in [5.41, 5.74) is 0.643. The number of benzene rings is 1. The fraction of sp³-hybridized carbons (Fsp3) is 0.579. The van der Waals surface area contributed by atoms with E-state index < -0.39 is 12.1 Å². The van der Waals surface area contributed by atoms with Crippen LogP contribution in [0.25, 0.3) is 0 Å². The lowest BCUT2D eigenvalue weighted by Gasteiger charge is -2.26. The van der Waals surface area contributed by atoms with Crippen LogP contribution in [0.1, 0.15) is 32.8 Å². The minimum atomic E-state index is -0.769. The molecule has 1 aromatic carbocycles. The van der Waals surface area contributed by atoms with Gasteiger partial charge < -0.3 is 15.7 Å². The van der Waals surface area contributed by atoms with Gasteiger partial charge in [-0.1, -0.05) is 30.3 Å². The molecule has 0 aliphatic carbocycles. The van der Waals surface area contributed by atoms with Crippen LogP contribution >= 0.6 is 11.8 Å². The summed E-state index contributed by atoms with van der Waals surface area (Å²) in [6.07, 6.45) is 2.49. The third-order valence-electron chi connectivity index (χ3n) is 3.64. The van der Waals surface area contributed by atoms with Gasteiger partial charge in [-0.3, -0.25) is 14.9 Å². The van der Waals surface area contributed by atoms with Gasteiger partial charge in [-0.15, -0.1) is 0 Å². The Bertz CT molecular complexity index is 561. The molecule has 0 bridgehead atoms. The lowest BCUT2D eigenvalue weighted by Crippen LogP contribution is -2.56. The highest BCUT2D eigenvalue weighted by Crippen LogP contribution is 2.06. The van der Waals surface area contributed by atoms with E-state index in [1.165, 1.54) is 0 Å². The Morgan fingerprint density at radius 1 is 1.12 bits per heavy atom. The van der Waals surface area contributed by atoms with Crippen LogP contribution in [0.15, 0.2) is 30.3 Å². The number of aliphatic hydroxyl groups is 1. The number of nitrogens with one attached hydrogen (secondary N) is 3. The fourth-order valence-corrected chi connectivity index (χ4v) is 2.78. The Balaban J connectivity index is 2.67. The molecule has 0 aromatic heterocycles. The number of carbonyl (C=O) groups is 2. The van der Waals surface area contributed by atoms with Crippen molar-refractivity contribution in [2.45, 2.75) is 51.4 Å². The standard InChI is InChI=1S/C19H31N3O3S/c1-19(2,3)22-18(25)15(10-11-26-4)21-17(24)16(13-23)20-12-14-8-6-5-7-9-14/h5-9,15-16,20,23H,10-13H2,1-4H3,(H,21,24)(H,22,25)/t15-,16-/m0/s1. The first-order valence-electron chi connectivity index (χ1n) is 8.76. The van der Waals surface area contributed by atoms with Crippen molar-refractivity contribution >= 4 is 23.6 Å². The zero-order chi connectivity index (χ0) is 19.6. The molecule has 26 heavy (non-hydrogen) atoms. The SMILES string of the molecule is CSCC[C@H](NC(=O)[C@H](CO)NCc1ccccc1)C(=O)NC(C)(C)C. The molecular formula is C19H31N3O3S. The van der Waals surface area contributed by atoms with Gasteiger partial charge in [0.1, 0.15) is 12.1 Å². The molecule has 0 heterocycles. The Labute approximate surface area is 160 Å². The fourth-order valence-electron chi connectivity index (χ4n) is 2.31. The van der Waals surface area contributed by atoms with Crippen LogP contribution in [0.3, 0.4) is 0 Å². The molecule has 2 amide bonds. The van der Waals surface area contributed by atoms with Gasteiger partial charge in [0.25, 0.3) is 0 Å². The van der Waals surface area contributed by atoms with Gasteiger partial charge in [-0.2, -0.15) is 11.8 Å². The first-order valence-corrected chi connectivity index (χ1v) is 10.2. The third kappa shape index (κ3) is 8.69. The highest BCUT2D eigenvalue weighted by molar-refractivity contribution is 7.98. The molecule has 0 aliphatic heterocycles. The summed E-state index contributed by atoms with van der Waals surface area (Å²) in [5.74, 6) is 0.169. The quantitative estimate of drug-likeness (QED) is 0.490. The second-order valence-electron chi connectivity index (χ2n) is 7.18. The summed E-state index contributed by atoms with van der Waals surface area (Å²) < 4.78 is 0. The second kappa shape index (κ2) is 11.2. The average molecular weight is 382 g/mol. The van der Waals surface area contributed by atoms with E-state index in [0.29, 0.717) is 13.0 Å². The predicted molar refractivity (Wildman–Crippen MR) is 107 cm³/mol. The smallest absolute Gasteiger partial charge is 0.243 e. The van der Waals surface area contributed by atoms with Gasteiger partial charge >= 0.3 is 0 Å². The van der Waals surface area contributed by atoms with Crippen molar-refractivity contribution in [1.82, 2.24) is 16.0 Å². The summed E-state index contributed by atoms with van der Waals surface area (Å²) in [6.45, 7) is 5.82. The molecule has 4 N–H and O–H groups in total. The summed E-state index contributed by atoms with van der Waals surface area (Å²) >= 11 is 1.62. The van der Waals surface area contributed by atoms with Crippen LogP contribution in [-0.4, -0.2) is 53.2 Å². The number of thioether (sulfide) groups is 1. The van der Waals surface area contributed by atoms with E-state index in [4.69, 9.17) is 0 Å². The van der Waals surface area contributed by atoms with Gasteiger partial charge in [-0.05, 0) is 44.8 Å². The maximum Gasteiger partial charge on any atom is 0.243 e. The summed E-state index contributed by atoms with van der Waals surface area (Å²) in [4.78, 5) is 25.0. The van der Waals surface area contributed by atoms with E-state index in [2.05, 4.69) is 16.0 Å². The molecule has 0 aliphatic rings. The maximum atomic E-state index is 12.5. The second-order valence-corrected chi connectivity index (χ2v) is 8.17. The van der Waals surface area contributed by atoms with E-state index in [9.17, 15) is 14.7 Å². The van der Waals surface area contributed by atoms with E-state index in [0.717, 1.165) is 11.3 Å². The van der Waals surface area contributed by atoms with Gasteiger partial charge in [0.15, 0.2) is 0 Å². The lowest BCUT2D eigenvalue weighted by atomic mass is 10.1. The Kier molecular flexibility index (Phi) is 9.69. The number of hydrogen-bond acceptors (Lipinski definition) is 5. The van der Waals surface area contributed by atoms with Crippen LogP contribution in [0.4, 0.5) is 0 Å². The van der Waals surface area contributed by atoms with Crippen LogP contribution in [-0.2, 0) is 16.1 Å². The summed E-state index contributed by atoms with van der Waals surface area (Å²) in [6, 6.07) is 8.25. The predicted octanol–water partition coefficient (Wildman–Crippen LogP) is 1.29. The van der Waals surface area contributed by atoms with Crippen molar-refractivity contribution in [2.75, 3.05) is 18.6 Å². The maximum absolute atomic E-state index is 12.5. The van der Waals surface area contributed by atoms with E-state index in [-0.39, 0.29) is 24.0 Å². The highest BCUT2D eigenvalue weighted by Gasteiger charge is 2.27. The van der Waals surface area contributed by atoms with Crippen LogP contribution in [0, 0.1) is 0 Å². The normalized spacial score (nSPS) is 13.7. The van der Waals surface area contributed by atoms with Gasteiger partial charge in [0.05, 0.1) is 6.61 Å². The first-order chi connectivity index (χ1) is 12.3. The average Bonchev–Trinajstić information content (AvgIpc) is 2.58. The molecule has 0 fully saturated rings. The minimum Gasteiger partial charge on any atom is -0.394 e. The Morgan fingerprint density at radius 3 is 2.31 bits per heavy atom. The monoisotopic (exact) mass is 381 g/mol. The molecular weight excluding hydrogens is 350 g/mol. The first kappa shape index (κ1) is 22.5. The molecule has 0 saturated heterocycles. The number of rotatable bonds is 10. The van der Waals surface area contributed by atoms with Crippen molar-refractivity contribution < 1.29 is 14.7 Å². The molecule has 1 rings (SSSR count). The molecule has 0 unspecified atom stereocenters. The van der Waals surface area contributed by atoms with Crippen molar-refractivity contribution in [3.8, 4) is 0 Å². The number of hydrogen-bond donors (Lipinski definition) is 4. The lowest BCUT2D eigenvalue weighted by molar-refractivity contribution is -0.131. The highest BCUT2D eigenvalue weighted by atomic mass is 32.2. The molecule has 0 spiro atoms. The zero-order valence-corrected chi connectivity index (χ0v) is 16.9. The molecule has 2 atom stereocenters. The Morgan fingerprint density at radius 2 is 1.77 bits per heavy atom. The van der Waals surface area contributed by atoms with E-state index in [1.54, 1.807) is 11.8 Å². The van der Waals surface area contributed by atoms with Crippen molar-refractivity contribution in [1.29, 1.82) is 0 Å². The summed E-state index contributed by atoms with van der Waals surface area (Å²) in [5, 5.41) is 18.3. The van der Waals surface area contributed by atoms with Crippen LogP contribution in [0.2, 0.25) is 0 Å². The van der Waals surface area contributed by atoms with Gasteiger partial charge in [-0.25, -0.2) is 0 Å². The molecule has 146 valence electrons. The number of carbonyl (C=O) groups excluding carboxylic acids is 2. The molecule has 6 nitrogen and oxygen atoms in total. The Hall–Kier alpha value is -1.57. The number of aliphatic hydroxyl groups excluding tert-OH is 1. The molecule has 1 aromatic rings. The van der Waals surface area contributed by atoms with Crippen LogP contribution in [0.5, 0.6) is 0 Å². The van der Waals surface area contributed by atoms with Crippen molar-refractivity contribution in [3.63, 3.8) is 0 Å². The summed E-state index contributed by atoms with van der Waals surface area (Å²) in [7, 11) is 0. The molecule has 7 heteroatoms. The molecule has 0 saturated carbocycles. The number of amides is 2. The van der Waals surface area contributed by atoms with E-state index >= 15 is 0 Å². The van der Waals surface area contributed by atoms with Crippen molar-refractivity contribution in [2.24, 2.45) is 0 Å². The largest absolute Gasteiger partial charge is 0.394 e. The minimum absolute atomic E-state index is 0.209. The zero-order valence-electron chi connectivity index (χ0n) is 16.0. The van der Waals surface area contributed by atoms with Gasteiger partial charge in [0.2, 0.25) is 11.8 Å². The topological polar surface area (TPSA) is 90.5 Å². The molecule has 0 radical (unpaired) electrons. The van der Waals surface area contributed by atoms with Crippen molar-refractivity contribution in [3.05, 3.63) is 35.9 Å².